The minimum Gasteiger partial charge on any atom is -0.481 e. The van der Waals surface area contributed by atoms with Crippen molar-refractivity contribution in [1.29, 1.82) is 0 Å². The standard InChI is InChI=1S/C32H30Cl2N2O3S/c1-36(2)32(39)28-19-25(33)11-7-22(28)10-15-30(40-17-16-31(37)38)24-5-3-4-21(18-24)6-13-27-14-9-23-8-12-26(34)20-29(23)35-27/h3-9,11-14,18-20,30H,10,15-17H2,1-2H3,(H,37,38). The van der Waals surface area contributed by atoms with Crippen LogP contribution in [0.3, 0.4) is 0 Å². The van der Waals surface area contributed by atoms with E-state index in [1.165, 1.54) is 0 Å². The second-order valence-electron chi connectivity index (χ2n) is 9.62. The van der Waals surface area contributed by atoms with Crippen LogP contribution in [0.2, 0.25) is 10.0 Å². The number of benzene rings is 3. The summed E-state index contributed by atoms with van der Waals surface area (Å²) in [6, 6.07) is 23.3. The van der Waals surface area contributed by atoms with Crippen LogP contribution in [-0.2, 0) is 11.2 Å². The van der Waals surface area contributed by atoms with Gasteiger partial charge in [-0.05, 0) is 65.9 Å². The van der Waals surface area contributed by atoms with Crippen LogP contribution in [0, 0.1) is 0 Å². The molecular weight excluding hydrogens is 563 g/mol. The van der Waals surface area contributed by atoms with Crippen LogP contribution in [0.25, 0.3) is 23.1 Å². The number of rotatable bonds is 11. The van der Waals surface area contributed by atoms with Crippen LogP contribution < -0.4 is 0 Å². The highest BCUT2D eigenvalue weighted by Gasteiger charge is 2.18. The van der Waals surface area contributed by atoms with Gasteiger partial charge in [0.15, 0.2) is 0 Å². The summed E-state index contributed by atoms with van der Waals surface area (Å²) in [5, 5.41) is 11.4. The molecule has 0 aliphatic heterocycles. The number of pyridine rings is 1. The van der Waals surface area contributed by atoms with Gasteiger partial charge >= 0.3 is 5.97 Å². The number of carbonyl (C=O) groups excluding carboxylic acids is 1. The van der Waals surface area contributed by atoms with Crippen molar-refractivity contribution in [2.24, 2.45) is 0 Å². The molecule has 1 N–H and O–H groups in total. The fraction of sp³-hybridized carbons (Fsp3) is 0.219. The molecular formula is C32H30Cl2N2O3S. The number of amides is 1. The van der Waals surface area contributed by atoms with Gasteiger partial charge in [-0.25, -0.2) is 4.98 Å². The second-order valence-corrected chi connectivity index (χ2v) is 11.8. The number of fused-ring (bicyclic) bond motifs is 1. The highest BCUT2D eigenvalue weighted by Crippen LogP contribution is 2.35. The molecule has 4 rings (SSSR count). The first-order valence-corrected chi connectivity index (χ1v) is 14.7. The predicted octanol–water partition coefficient (Wildman–Crippen LogP) is 8.30. The summed E-state index contributed by atoms with van der Waals surface area (Å²) < 4.78 is 0. The first-order chi connectivity index (χ1) is 19.2. The van der Waals surface area contributed by atoms with Crippen molar-refractivity contribution in [3.63, 3.8) is 0 Å². The Morgan fingerprint density at radius 2 is 1.73 bits per heavy atom. The topological polar surface area (TPSA) is 70.5 Å². The monoisotopic (exact) mass is 592 g/mol. The molecule has 0 spiro atoms. The quantitative estimate of drug-likeness (QED) is 0.190. The van der Waals surface area contributed by atoms with E-state index in [4.69, 9.17) is 28.2 Å². The van der Waals surface area contributed by atoms with Crippen molar-refractivity contribution in [3.8, 4) is 0 Å². The Morgan fingerprint density at radius 1 is 0.975 bits per heavy atom. The number of aryl methyl sites for hydroxylation is 1. The summed E-state index contributed by atoms with van der Waals surface area (Å²) in [7, 11) is 3.44. The minimum absolute atomic E-state index is 0.0478. The van der Waals surface area contributed by atoms with E-state index in [9.17, 15) is 14.7 Å². The average Bonchev–Trinajstić information content (AvgIpc) is 2.93. The Morgan fingerprint density at radius 3 is 2.50 bits per heavy atom. The van der Waals surface area contributed by atoms with Crippen LogP contribution >= 0.6 is 35.0 Å². The van der Waals surface area contributed by atoms with Crippen molar-refractivity contribution >= 4 is 69.9 Å². The molecule has 5 nitrogen and oxygen atoms in total. The van der Waals surface area contributed by atoms with E-state index in [1.807, 2.05) is 60.7 Å². The molecule has 206 valence electrons. The second kappa shape index (κ2) is 13.8. The number of aliphatic carboxylic acids is 1. The minimum atomic E-state index is -0.816. The molecule has 1 aromatic heterocycles. The normalized spacial score (nSPS) is 12.1. The van der Waals surface area contributed by atoms with E-state index in [1.54, 1.807) is 42.9 Å². The largest absolute Gasteiger partial charge is 0.481 e. The van der Waals surface area contributed by atoms with Crippen molar-refractivity contribution in [2.75, 3.05) is 19.8 Å². The molecule has 0 fully saturated rings. The first kappa shape index (κ1) is 29.7. The Kier molecular flexibility index (Phi) is 10.3. The summed E-state index contributed by atoms with van der Waals surface area (Å²) in [6.45, 7) is 0. The number of hydrogen-bond donors (Lipinski definition) is 1. The van der Waals surface area contributed by atoms with Crippen LogP contribution in [0.4, 0.5) is 0 Å². The number of carbonyl (C=O) groups is 2. The van der Waals surface area contributed by atoms with Crippen molar-refractivity contribution in [2.45, 2.75) is 24.5 Å². The van der Waals surface area contributed by atoms with Gasteiger partial charge in [-0.3, -0.25) is 9.59 Å². The Balaban J connectivity index is 1.56. The van der Waals surface area contributed by atoms with Crippen LogP contribution in [-0.4, -0.2) is 46.7 Å². The van der Waals surface area contributed by atoms with Gasteiger partial charge < -0.3 is 10.0 Å². The lowest BCUT2D eigenvalue weighted by molar-refractivity contribution is -0.136. The molecule has 0 saturated heterocycles. The molecule has 0 bridgehead atoms. The van der Waals surface area contributed by atoms with Crippen molar-refractivity contribution in [1.82, 2.24) is 9.88 Å². The van der Waals surface area contributed by atoms with Gasteiger partial charge in [0.05, 0.1) is 17.6 Å². The molecule has 0 aliphatic carbocycles. The maximum atomic E-state index is 12.8. The van der Waals surface area contributed by atoms with Crippen molar-refractivity contribution < 1.29 is 14.7 Å². The lowest BCUT2D eigenvalue weighted by Gasteiger charge is -2.19. The van der Waals surface area contributed by atoms with E-state index in [0.29, 0.717) is 27.8 Å². The van der Waals surface area contributed by atoms with Gasteiger partial charge in [-0.1, -0.05) is 71.7 Å². The van der Waals surface area contributed by atoms with E-state index < -0.39 is 5.97 Å². The summed E-state index contributed by atoms with van der Waals surface area (Å²) in [6.07, 6.45) is 5.47. The Bertz CT molecular complexity index is 1550. The number of thioether (sulfide) groups is 1. The van der Waals surface area contributed by atoms with Crippen LogP contribution in [0.1, 0.15) is 50.8 Å². The zero-order valence-electron chi connectivity index (χ0n) is 22.3. The number of carboxylic acids is 1. The van der Waals surface area contributed by atoms with Gasteiger partial charge in [0.25, 0.3) is 5.91 Å². The van der Waals surface area contributed by atoms with Crippen molar-refractivity contribution in [3.05, 3.63) is 111 Å². The van der Waals surface area contributed by atoms with Gasteiger partial charge in [0.2, 0.25) is 0 Å². The maximum absolute atomic E-state index is 12.8. The molecule has 1 atom stereocenters. The fourth-order valence-electron chi connectivity index (χ4n) is 4.37. The third kappa shape index (κ3) is 8.10. The number of carboxylic acid groups (broad SMARTS) is 1. The number of aromatic nitrogens is 1. The first-order valence-electron chi connectivity index (χ1n) is 12.9. The Hall–Kier alpha value is -3.32. The summed E-state index contributed by atoms with van der Waals surface area (Å²) in [4.78, 5) is 30.2. The summed E-state index contributed by atoms with van der Waals surface area (Å²) in [5.41, 5.74) is 5.30. The smallest absolute Gasteiger partial charge is 0.304 e. The SMILES string of the molecule is CN(C)C(=O)c1cc(Cl)ccc1CCC(SCCC(=O)O)c1cccc(C=Cc2ccc3ccc(Cl)cc3n2)c1. The summed E-state index contributed by atoms with van der Waals surface area (Å²) in [5.74, 6) is -0.416. The molecule has 40 heavy (non-hydrogen) atoms. The highest BCUT2D eigenvalue weighted by molar-refractivity contribution is 7.99. The lowest BCUT2D eigenvalue weighted by Crippen LogP contribution is -2.23. The summed E-state index contributed by atoms with van der Waals surface area (Å²) >= 11 is 14.0. The predicted molar refractivity (Wildman–Crippen MR) is 167 cm³/mol. The van der Waals surface area contributed by atoms with E-state index in [-0.39, 0.29) is 17.6 Å². The molecule has 0 radical (unpaired) electrons. The molecule has 0 saturated carbocycles. The van der Waals surface area contributed by atoms with Crippen LogP contribution in [0.5, 0.6) is 0 Å². The number of halogens is 2. The maximum Gasteiger partial charge on any atom is 0.304 e. The highest BCUT2D eigenvalue weighted by atomic mass is 35.5. The van der Waals surface area contributed by atoms with Gasteiger partial charge in [0, 0.05) is 46.1 Å². The molecule has 1 unspecified atom stereocenters. The van der Waals surface area contributed by atoms with Gasteiger partial charge in [-0.15, -0.1) is 0 Å². The average molecular weight is 594 g/mol. The molecule has 1 heterocycles. The van der Waals surface area contributed by atoms with E-state index in [2.05, 4.69) is 12.1 Å². The van der Waals surface area contributed by atoms with Gasteiger partial charge in [0.1, 0.15) is 0 Å². The zero-order chi connectivity index (χ0) is 28.6. The molecule has 1 amide bonds. The molecule has 0 aliphatic rings. The zero-order valence-corrected chi connectivity index (χ0v) is 24.6. The lowest BCUT2D eigenvalue weighted by atomic mass is 9.98. The Labute approximate surface area is 248 Å². The third-order valence-corrected chi connectivity index (χ3v) is 8.24. The number of hydrogen-bond acceptors (Lipinski definition) is 4. The third-order valence-electron chi connectivity index (χ3n) is 6.42. The van der Waals surface area contributed by atoms with E-state index >= 15 is 0 Å². The number of nitrogens with zero attached hydrogens (tertiary/aromatic N) is 2. The molecule has 3 aromatic carbocycles. The fourth-order valence-corrected chi connectivity index (χ4v) is 5.91. The molecule has 4 aromatic rings. The van der Waals surface area contributed by atoms with E-state index in [0.717, 1.165) is 39.7 Å². The molecule has 8 heteroatoms. The van der Waals surface area contributed by atoms with Gasteiger partial charge in [-0.2, -0.15) is 11.8 Å². The van der Waals surface area contributed by atoms with Crippen LogP contribution in [0.15, 0.2) is 72.8 Å².